The fourth-order valence-electron chi connectivity index (χ4n) is 6.05. The third kappa shape index (κ3) is 6.26. The molecule has 0 bridgehead atoms. The largest absolute Gasteiger partial charge is 0.463 e. The monoisotopic (exact) mass is 625 g/mol. The van der Waals surface area contributed by atoms with Crippen LogP contribution in [0, 0.1) is 17.8 Å². The maximum atomic E-state index is 14.8. The molecule has 0 radical (unpaired) electrons. The van der Waals surface area contributed by atoms with E-state index in [1.807, 2.05) is 66.9 Å². The van der Waals surface area contributed by atoms with Crippen molar-refractivity contribution in [2.75, 3.05) is 6.61 Å². The lowest BCUT2D eigenvalue weighted by Gasteiger charge is -2.35. The number of aromatic nitrogens is 4. The number of aliphatic imine (C=N–C) groups is 1. The van der Waals surface area contributed by atoms with E-state index in [9.17, 15) is 9.59 Å². The molecule has 1 saturated carbocycles. The third-order valence-corrected chi connectivity index (χ3v) is 9.17. The summed E-state index contributed by atoms with van der Waals surface area (Å²) >= 11 is 1.39. The molecular weight excluding hydrogens is 586 g/mol. The van der Waals surface area contributed by atoms with E-state index < -0.39 is 11.6 Å². The van der Waals surface area contributed by atoms with Gasteiger partial charge in [-0.2, -0.15) is 9.47 Å². The minimum absolute atomic E-state index is 0.00632. The van der Waals surface area contributed by atoms with E-state index in [0.717, 1.165) is 46.7 Å². The standard InChI is InChI=1S/C34H39N7O3S/c1-22-36-21-37-41(22)26-8-6-7-24(17-26)28(19-44-29(42)18-33(5)14-15-33)40-30(43)34(38-31(40)35,20-32(2,3)4)25-11-9-23(10-12-25)27-13-16-45-39-27/h6-13,16-17,21,28H,14-15,18-20H2,1-5H3,(H2,35,38)/t28-,34-/m1/s1. The Hall–Kier alpha value is -4.38. The van der Waals surface area contributed by atoms with Crippen LogP contribution in [0.15, 0.2) is 71.3 Å². The molecule has 2 N–H and O–H groups in total. The number of guanidine groups is 1. The van der Waals surface area contributed by atoms with E-state index >= 15 is 0 Å². The molecule has 2 aliphatic rings. The van der Waals surface area contributed by atoms with Crippen molar-refractivity contribution in [1.82, 2.24) is 24.0 Å². The van der Waals surface area contributed by atoms with Gasteiger partial charge in [-0.05, 0) is 77.9 Å². The smallest absolute Gasteiger partial charge is 0.306 e. The number of hydrogen-bond acceptors (Lipinski definition) is 9. The van der Waals surface area contributed by atoms with Gasteiger partial charge in [0.05, 0.1) is 23.8 Å². The van der Waals surface area contributed by atoms with Crippen molar-refractivity contribution in [1.29, 1.82) is 0 Å². The summed E-state index contributed by atoms with van der Waals surface area (Å²) in [5.74, 6) is 0.264. The minimum atomic E-state index is -1.26. The molecule has 3 heterocycles. The van der Waals surface area contributed by atoms with Gasteiger partial charge in [0.1, 0.15) is 18.8 Å². The first-order valence-electron chi connectivity index (χ1n) is 15.2. The zero-order chi connectivity index (χ0) is 32.0. The summed E-state index contributed by atoms with van der Waals surface area (Å²) in [5, 5.41) is 6.29. The summed E-state index contributed by atoms with van der Waals surface area (Å²) in [5.41, 5.74) is 9.26. The van der Waals surface area contributed by atoms with Crippen molar-refractivity contribution in [3.05, 3.63) is 83.3 Å². The molecule has 11 heteroatoms. The van der Waals surface area contributed by atoms with Crippen molar-refractivity contribution in [3.8, 4) is 16.9 Å². The molecule has 2 atom stereocenters. The Morgan fingerprint density at radius 1 is 1.13 bits per heavy atom. The maximum Gasteiger partial charge on any atom is 0.306 e. The molecule has 2 aromatic carbocycles. The Morgan fingerprint density at radius 2 is 1.89 bits per heavy atom. The zero-order valence-corrected chi connectivity index (χ0v) is 27.2. The topological polar surface area (TPSA) is 129 Å². The average Bonchev–Trinajstić information content (AvgIpc) is 3.34. The van der Waals surface area contributed by atoms with E-state index in [4.69, 9.17) is 15.5 Å². The Morgan fingerprint density at radius 3 is 2.51 bits per heavy atom. The molecule has 0 unspecified atom stereocenters. The maximum absolute atomic E-state index is 14.8. The summed E-state index contributed by atoms with van der Waals surface area (Å²) in [4.78, 5) is 38.5. The van der Waals surface area contributed by atoms with Crippen LogP contribution in [0.25, 0.3) is 16.9 Å². The highest BCUT2D eigenvalue weighted by molar-refractivity contribution is 7.03. The van der Waals surface area contributed by atoms with E-state index in [0.29, 0.717) is 12.8 Å². The van der Waals surface area contributed by atoms with Crippen LogP contribution in [0.4, 0.5) is 0 Å². The number of carbonyl (C=O) groups excluding carboxylic acids is 2. The molecule has 45 heavy (non-hydrogen) atoms. The first-order chi connectivity index (χ1) is 21.4. The van der Waals surface area contributed by atoms with Crippen LogP contribution >= 0.6 is 11.5 Å². The summed E-state index contributed by atoms with van der Waals surface area (Å²) < 4.78 is 12.1. The highest BCUT2D eigenvalue weighted by atomic mass is 32.1. The lowest BCUT2D eigenvalue weighted by Crippen LogP contribution is -2.47. The molecular formula is C34H39N7O3S. The third-order valence-electron chi connectivity index (χ3n) is 8.61. The predicted octanol–water partition coefficient (Wildman–Crippen LogP) is 5.96. The minimum Gasteiger partial charge on any atom is -0.463 e. The molecule has 1 fully saturated rings. The van der Waals surface area contributed by atoms with Crippen molar-refractivity contribution in [3.63, 3.8) is 0 Å². The van der Waals surface area contributed by atoms with E-state index in [1.54, 1.807) is 4.68 Å². The molecule has 0 spiro atoms. The van der Waals surface area contributed by atoms with Crippen LogP contribution in [0.3, 0.4) is 0 Å². The SMILES string of the molecule is Cc1ncnn1-c1cccc([C@@H](COC(=O)CC2(C)CC2)N2C(=O)[C@@](CC(C)(C)C)(c3ccc(-c4ccsn4)cc3)N=C2N)c1. The van der Waals surface area contributed by atoms with Crippen molar-refractivity contribution >= 4 is 29.4 Å². The highest BCUT2D eigenvalue weighted by Gasteiger charge is 2.53. The fourth-order valence-corrected chi connectivity index (χ4v) is 6.58. The average molecular weight is 626 g/mol. The fraction of sp³-hybridized carbons (Fsp3) is 0.412. The van der Waals surface area contributed by atoms with Crippen LogP contribution in [0.5, 0.6) is 0 Å². The highest BCUT2D eigenvalue weighted by Crippen LogP contribution is 2.48. The summed E-state index contributed by atoms with van der Waals surface area (Å²) in [6.07, 6.45) is 4.27. The second-order valence-corrected chi connectivity index (χ2v) is 14.4. The number of esters is 1. The second kappa shape index (κ2) is 11.5. The normalized spacial score (nSPS) is 19.8. The van der Waals surface area contributed by atoms with E-state index in [2.05, 4.69) is 42.2 Å². The van der Waals surface area contributed by atoms with E-state index in [-0.39, 0.29) is 35.3 Å². The summed E-state index contributed by atoms with van der Waals surface area (Å²) in [7, 11) is 0. The quantitative estimate of drug-likeness (QED) is 0.215. The Balaban J connectivity index is 1.39. The molecule has 10 nitrogen and oxygen atoms in total. The number of aryl methyl sites for hydroxylation is 1. The second-order valence-electron chi connectivity index (χ2n) is 13.7. The van der Waals surface area contributed by atoms with Gasteiger partial charge in [0.15, 0.2) is 11.5 Å². The number of amides is 1. The van der Waals surface area contributed by atoms with Crippen LogP contribution in [-0.4, -0.2) is 48.5 Å². The van der Waals surface area contributed by atoms with Crippen LogP contribution in [0.1, 0.15) is 76.4 Å². The molecule has 0 saturated heterocycles. The number of carbonyl (C=O) groups is 2. The number of rotatable bonds is 10. The van der Waals surface area contributed by atoms with Gasteiger partial charge in [-0.15, -0.1) is 0 Å². The lowest BCUT2D eigenvalue weighted by atomic mass is 9.75. The number of hydrogen-bond donors (Lipinski definition) is 1. The van der Waals surface area contributed by atoms with Gasteiger partial charge in [-0.1, -0.05) is 64.1 Å². The number of ether oxygens (including phenoxy) is 1. The lowest BCUT2D eigenvalue weighted by molar-refractivity contribution is -0.148. The predicted molar refractivity (Wildman–Crippen MR) is 174 cm³/mol. The Kier molecular flexibility index (Phi) is 7.84. The molecule has 1 aliphatic carbocycles. The Labute approximate surface area is 267 Å². The van der Waals surface area contributed by atoms with Crippen molar-refractivity contribution in [2.24, 2.45) is 21.6 Å². The zero-order valence-electron chi connectivity index (χ0n) is 26.4. The first kappa shape index (κ1) is 30.6. The number of nitrogens with zero attached hydrogens (tertiary/aromatic N) is 6. The van der Waals surface area contributed by atoms with Gasteiger partial charge >= 0.3 is 5.97 Å². The summed E-state index contributed by atoms with van der Waals surface area (Å²) in [6.45, 7) is 10.1. The molecule has 2 aromatic heterocycles. The number of benzene rings is 2. The van der Waals surface area contributed by atoms with Crippen LogP contribution in [0.2, 0.25) is 0 Å². The molecule has 6 rings (SSSR count). The number of nitrogens with two attached hydrogens (primary N) is 1. The summed E-state index contributed by atoms with van der Waals surface area (Å²) in [6, 6.07) is 16.7. The van der Waals surface area contributed by atoms with Gasteiger partial charge in [0.2, 0.25) is 0 Å². The molecule has 1 aliphatic heterocycles. The first-order valence-corrected chi connectivity index (χ1v) is 16.0. The molecule has 234 valence electrons. The van der Waals surface area contributed by atoms with Gasteiger partial charge in [0, 0.05) is 10.9 Å². The van der Waals surface area contributed by atoms with Gasteiger partial charge in [-0.3, -0.25) is 14.5 Å². The van der Waals surface area contributed by atoms with Crippen LogP contribution in [-0.2, 0) is 19.9 Å². The van der Waals surface area contributed by atoms with Gasteiger partial charge < -0.3 is 10.5 Å². The van der Waals surface area contributed by atoms with Crippen molar-refractivity contribution in [2.45, 2.75) is 71.9 Å². The van der Waals surface area contributed by atoms with Crippen LogP contribution < -0.4 is 5.73 Å². The van der Waals surface area contributed by atoms with Crippen molar-refractivity contribution < 1.29 is 14.3 Å². The molecule has 4 aromatic rings. The van der Waals surface area contributed by atoms with E-state index in [1.165, 1.54) is 22.8 Å². The van der Waals surface area contributed by atoms with Gasteiger partial charge in [-0.25, -0.2) is 14.7 Å². The van der Waals surface area contributed by atoms with Gasteiger partial charge in [0.25, 0.3) is 5.91 Å². The Bertz CT molecular complexity index is 1740. The molecule has 1 amide bonds.